The number of aromatic nitrogens is 2. The minimum absolute atomic E-state index is 0.0512. The molecule has 3 aromatic rings. The third-order valence-electron chi connectivity index (χ3n) is 5.05. The highest BCUT2D eigenvalue weighted by Gasteiger charge is 2.38. The van der Waals surface area contributed by atoms with Crippen LogP contribution in [0.3, 0.4) is 0 Å². The number of fused-ring (bicyclic) bond motifs is 1. The number of likely N-dealkylation sites (tertiary alicyclic amines) is 1. The van der Waals surface area contributed by atoms with Gasteiger partial charge in [0.2, 0.25) is 0 Å². The van der Waals surface area contributed by atoms with Gasteiger partial charge in [0.05, 0.1) is 5.52 Å². The van der Waals surface area contributed by atoms with Crippen LogP contribution >= 0.6 is 0 Å². The summed E-state index contributed by atoms with van der Waals surface area (Å²) in [5, 5.41) is 9.14. The molecule has 1 fully saturated rings. The van der Waals surface area contributed by atoms with Crippen molar-refractivity contribution in [1.29, 1.82) is 0 Å². The number of benzene rings is 2. The Morgan fingerprint density at radius 1 is 1.04 bits per heavy atom. The first-order chi connectivity index (χ1) is 12.2. The molecule has 0 bridgehead atoms. The van der Waals surface area contributed by atoms with Crippen LogP contribution in [0.4, 0.5) is 0 Å². The summed E-state index contributed by atoms with van der Waals surface area (Å²) in [7, 11) is 2.11. The molecule has 0 spiro atoms. The van der Waals surface area contributed by atoms with Gasteiger partial charge >= 0.3 is 0 Å². The van der Waals surface area contributed by atoms with Gasteiger partial charge in [-0.25, -0.2) is 4.68 Å². The molecular weight excluding hydrogens is 312 g/mol. The number of nitrogens with zero attached hydrogens (tertiary/aromatic N) is 3. The summed E-state index contributed by atoms with van der Waals surface area (Å²) in [5.74, 6) is -0.0512. The van der Waals surface area contributed by atoms with Crippen LogP contribution in [0.25, 0.3) is 10.9 Å². The molecule has 1 aromatic heterocycles. The molecule has 25 heavy (non-hydrogen) atoms. The van der Waals surface area contributed by atoms with E-state index in [1.165, 1.54) is 0 Å². The average Bonchev–Trinajstić information content (AvgIpc) is 3.09. The van der Waals surface area contributed by atoms with E-state index in [9.17, 15) is 4.79 Å². The molecular formula is C20H22N4O. The van der Waals surface area contributed by atoms with E-state index in [0.29, 0.717) is 5.56 Å². The molecule has 0 aliphatic carbocycles. The summed E-state index contributed by atoms with van der Waals surface area (Å²) >= 11 is 0. The zero-order chi connectivity index (χ0) is 17.3. The number of piperidine rings is 1. The standard InChI is InChI=1S/C20H22N4O/c1-23-13-11-20(12-14-23,21-19(25)16-7-3-2-4-8-16)24-15-17-9-5-6-10-18(17)22-24/h2-10,15H,11-14H2,1H3,(H,21,25). The summed E-state index contributed by atoms with van der Waals surface area (Å²) in [6.45, 7) is 1.84. The molecule has 5 heteroatoms. The summed E-state index contributed by atoms with van der Waals surface area (Å²) in [4.78, 5) is 15.1. The van der Waals surface area contributed by atoms with E-state index < -0.39 is 5.66 Å². The summed E-state index contributed by atoms with van der Waals surface area (Å²) in [6.07, 6.45) is 3.71. The largest absolute Gasteiger partial charge is 0.327 e. The second kappa shape index (κ2) is 6.33. The lowest BCUT2D eigenvalue weighted by Gasteiger charge is -2.41. The molecule has 4 rings (SSSR count). The van der Waals surface area contributed by atoms with Crippen molar-refractivity contribution in [2.45, 2.75) is 18.5 Å². The predicted octanol–water partition coefficient (Wildman–Crippen LogP) is 2.84. The maximum absolute atomic E-state index is 12.8. The highest BCUT2D eigenvalue weighted by atomic mass is 16.2. The van der Waals surface area contributed by atoms with Crippen molar-refractivity contribution in [2.75, 3.05) is 20.1 Å². The van der Waals surface area contributed by atoms with Crippen molar-refractivity contribution in [2.24, 2.45) is 0 Å². The van der Waals surface area contributed by atoms with Crippen LogP contribution in [-0.4, -0.2) is 40.7 Å². The van der Waals surface area contributed by atoms with E-state index in [2.05, 4.69) is 23.3 Å². The van der Waals surface area contributed by atoms with Crippen molar-refractivity contribution in [3.8, 4) is 0 Å². The normalized spacial score (nSPS) is 17.5. The number of rotatable bonds is 3. The number of carbonyl (C=O) groups excluding carboxylic acids is 1. The Morgan fingerprint density at radius 3 is 2.44 bits per heavy atom. The summed E-state index contributed by atoms with van der Waals surface area (Å²) in [6, 6.07) is 17.4. The summed E-state index contributed by atoms with van der Waals surface area (Å²) < 4.78 is 1.96. The molecule has 2 heterocycles. The van der Waals surface area contributed by atoms with Crippen LogP contribution in [-0.2, 0) is 5.66 Å². The van der Waals surface area contributed by atoms with Gasteiger partial charge in [-0.05, 0) is 25.2 Å². The molecule has 0 radical (unpaired) electrons. The Balaban J connectivity index is 1.71. The molecule has 0 atom stereocenters. The molecule has 0 unspecified atom stereocenters. The first kappa shape index (κ1) is 15.8. The van der Waals surface area contributed by atoms with Crippen LogP contribution in [0, 0.1) is 0 Å². The van der Waals surface area contributed by atoms with Gasteiger partial charge in [-0.15, -0.1) is 0 Å². The van der Waals surface area contributed by atoms with Gasteiger partial charge in [0.15, 0.2) is 0 Å². The number of carbonyl (C=O) groups is 1. The predicted molar refractivity (Wildman–Crippen MR) is 98.3 cm³/mol. The lowest BCUT2D eigenvalue weighted by molar-refractivity contribution is 0.0605. The lowest BCUT2D eigenvalue weighted by atomic mass is 9.96. The van der Waals surface area contributed by atoms with Crippen molar-refractivity contribution in [3.63, 3.8) is 0 Å². The van der Waals surface area contributed by atoms with Crippen LogP contribution < -0.4 is 5.32 Å². The molecule has 1 aliphatic rings. The van der Waals surface area contributed by atoms with Gasteiger partial charge in [0.25, 0.3) is 5.91 Å². The molecule has 128 valence electrons. The fourth-order valence-electron chi connectivity index (χ4n) is 3.46. The van der Waals surface area contributed by atoms with Crippen LogP contribution in [0.2, 0.25) is 0 Å². The van der Waals surface area contributed by atoms with Crippen molar-refractivity contribution in [3.05, 3.63) is 66.4 Å². The topological polar surface area (TPSA) is 50.2 Å². The number of hydrogen-bond acceptors (Lipinski definition) is 3. The monoisotopic (exact) mass is 334 g/mol. The highest BCUT2D eigenvalue weighted by Crippen LogP contribution is 2.29. The van der Waals surface area contributed by atoms with Crippen LogP contribution in [0.5, 0.6) is 0 Å². The molecule has 5 nitrogen and oxygen atoms in total. The van der Waals surface area contributed by atoms with Crippen molar-refractivity contribution in [1.82, 2.24) is 20.0 Å². The second-order valence-corrected chi connectivity index (χ2v) is 6.79. The number of amides is 1. The zero-order valence-corrected chi connectivity index (χ0v) is 14.4. The van der Waals surface area contributed by atoms with Crippen molar-refractivity contribution >= 4 is 16.8 Å². The minimum Gasteiger partial charge on any atom is -0.327 e. The van der Waals surface area contributed by atoms with E-state index in [1.54, 1.807) is 0 Å². The average molecular weight is 334 g/mol. The number of hydrogen-bond donors (Lipinski definition) is 1. The van der Waals surface area contributed by atoms with Crippen LogP contribution in [0.15, 0.2) is 60.8 Å². The Kier molecular flexibility index (Phi) is 4.01. The Labute approximate surface area is 147 Å². The highest BCUT2D eigenvalue weighted by molar-refractivity contribution is 5.94. The zero-order valence-electron chi connectivity index (χ0n) is 14.4. The van der Waals surface area contributed by atoms with E-state index in [-0.39, 0.29) is 5.91 Å². The fraction of sp³-hybridized carbons (Fsp3) is 0.300. The molecule has 1 N–H and O–H groups in total. The molecule has 0 saturated carbocycles. The van der Waals surface area contributed by atoms with Gasteiger partial charge < -0.3 is 10.2 Å². The first-order valence-corrected chi connectivity index (χ1v) is 8.67. The Hall–Kier alpha value is -2.66. The SMILES string of the molecule is CN1CCC(NC(=O)c2ccccc2)(n2cc3ccccc3n2)CC1. The van der Waals surface area contributed by atoms with E-state index in [4.69, 9.17) is 5.10 Å². The fourth-order valence-corrected chi connectivity index (χ4v) is 3.46. The second-order valence-electron chi connectivity index (χ2n) is 6.79. The molecule has 1 amide bonds. The third-order valence-corrected chi connectivity index (χ3v) is 5.05. The smallest absolute Gasteiger partial charge is 0.253 e. The third kappa shape index (κ3) is 3.03. The Bertz CT molecular complexity index is 846. The quantitative estimate of drug-likeness (QED) is 0.801. The molecule has 1 saturated heterocycles. The summed E-state index contributed by atoms with van der Waals surface area (Å²) in [5.41, 5.74) is 1.14. The van der Waals surface area contributed by atoms with Gasteiger partial charge in [0, 0.05) is 43.1 Å². The Morgan fingerprint density at radius 2 is 1.72 bits per heavy atom. The lowest BCUT2D eigenvalue weighted by Crippen LogP contribution is -2.56. The molecule has 1 aliphatic heterocycles. The van der Waals surface area contributed by atoms with Crippen molar-refractivity contribution < 1.29 is 4.79 Å². The van der Waals surface area contributed by atoms with Gasteiger partial charge in [-0.3, -0.25) is 4.79 Å². The van der Waals surface area contributed by atoms with E-state index in [1.807, 2.05) is 59.4 Å². The van der Waals surface area contributed by atoms with Gasteiger partial charge in [-0.2, -0.15) is 5.10 Å². The van der Waals surface area contributed by atoms with Gasteiger partial charge in [0.1, 0.15) is 5.66 Å². The minimum atomic E-state index is -0.488. The maximum Gasteiger partial charge on any atom is 0.253 e. The van der Waals surface area contributed by atoms with Crippen LogP contribution in [0.1, 0.15) is 23.2 Å². The van der Waals surface area contributed by atoms with Gasteiger partial charge in [-0.1, -0.05) is 36.4 Å². The first-order valence-electron chi connectivity index (χ1n) is 8.67. The maximum atomic E-state index is 12.8. The van der Waals surface area contributed by atoms with E-state index in [0.717, 1.165) is 36.8 Å². The van der Waals surface area contributed by atoms with E-state index >= 15 is 0 Å². The number of nitrogens with one attached hydrogen (secondary N) is 1. The molecule has 2 aromatic carbocycles.